The molecule has 0 saturated carbocycles. The molecule has 70 valence electrons. The molecule has 0 saturated heterocycles. The molecule has 0 fully saturated rings. The minimum atomic E-state index is 0.458. The van der Waals surface area contributed by atoms with Crippen molar-refractivity contribution in [2.24, 2.45) is 0 Å². The van der Waals surface area contributed by atoms with Gasteiger partial charge in [0.1, 0.15) is 5.75 Å². The third kappa shape index (κ3) is 1.68. The maximum Gasteiger partial charge on any atom is 0.154 e. The van der Waals surface area contributed by atoms with Gasteiger partial charge in [0.15, 0.2) is 6.29 Å². The number of halogens is 1. The Hall–Kier alpha value is -1.02. The van der Waals surface area contributed by atoms with Gasteiger partial charge in [-0.2, -0.15) is 0 Å². The molecule has 1 aromatic rings. The lowest BCUT2D eigenvalue weighted by Crippen LogP contribution is -1.97. The summed E-state index contributed by atoms with van der Waals surface area (Å²) >= 11 is 5.90. The van der Waals surface area contributed by atoms with E-state index in [2.05, 4.69) is 0 Å². The Morgan fingerprint density at radius 1 is 1.46 bits per heavy atom. The van der Waals surface area contributed by atoms with Crippen LogP contribution in [0.25, 0.3) is 0 Å². The van der Waals surface area contributed by atoms with E-state index in [9.17, 15) is 4.79 Å². The predicted molar refractivity (Wildman–Crippen MR) is 52.9 cm³/mol. The molecule has 3 heteroatoms. The van der Waals surface area contributed by atoms with Gasteiger partial charge in [0.05, 0.1) is 17.7 Å². The number of ether oxygens (including phenoxy) is 1. The van der Waals surface area contributed by atoms with Crippen molar-refractivity contribution in [2.75, 3.05) is 7.11 Å². The molecule has 1 aromatic carbocycles. The van der Waals surface area contributed by atoms with Gasteiger partial charge in [-0.3, -0.25) is 4.79 Å². The highest BCUT2D eigenvalue weighted by Crippen LogP contribution is 2.31. The maximum atomic E-state index is 10.8. The van der Waals surface area contributed by atoms with E-state index < -0.39 is 0 Å². The third-order valence-electron chi connectivity index (χ3n) is 2.12. The number of aldehydes is 1. The molecule has 0 unspecified atom stereocenters. The van der Waals surface area contributed by atoms with Crippen LogP contribution in [0.1, 0.15) is 21.5 Å². The summed E-state index contributed by atoms with van der Waals surface area (Å²) in [5.41, 5.74) is 2.44. The Kier molecular flexibility index (Phi) is 2.94. The number of hydrogen-bond acceptors (Lipinski definition) is 2. The summed E-state index contributed by atoms with van der Waals surface area (Å²) in [5, 5.41) is 0.479. The Labute approximate surface area is 82.5 Å². The lowest BCUT2D eigenvalue weighted by Gasteiger charge is -2.10. The van der Waals surface area contributed by atoms with Crippen LogP contribution in [0.3, 0.4) is 0 Å². The van der Waals surface area contributed by atoms with Gasteiger partial charge in [0.2, 0.25) is 0 Å². The predicted octanol–water partition coefficient (Wildman–Crippen LogP) is 2.78. The molecule has 0 aliphatic carbocycles. The highest BCUT2D eigenvalue weighted by Gasteiger charge is 2.12. The average molecular weight is 199 g/mol. The third-order valence-corrected chi connectivity index (χ3v) is 2.40. The van der Waals surface area contributed by atoms with Crippen LogP contribution in [0.5, 0.6) is 5.75 Å². The number of carbonyl (C=O) groups excluding carboxylic acids is 1. The average Bonchev–Trinajstić information content (AvgIpc) is 2.10. The second-order valence-electron chi connectivity index (χ2n) is 2.87. The zero-order chi connectivity index (χ0) is 10.0. The fraction of sp³-hybridized carbons (Fsp3) is 0.300. The summed E-state index contributed by atoms with van der Waals surface area (Å²) in [7, 11) is 1.50. The topological polar surface area (TPSA) is 26.3 Å². The maximum absolute atomic E-state index is 10.8. The van der Waals surface area contributed by atoms with Crippen molar-refractivity contribution in [1.29, 1.82) is 0 Å². The lowest BCUT2D eigenvalue weighted by atomic mass is 10.0. The van der Waals surface area contributed by atoms with Gasteiger partial charge in [-0.05, 0) is 31.0 Å². The SMILES string of the molecule is COc1c(Cl)cc(C)c(C)c1C=O. The first-order valence-electron chi connectivity index (χ1n) is 3.90. The van der Waals surface area contributed by atoms with E-state index >= 15 is 0 Å². The number of aryl methyl sites for hydroxylation is 1. The van der Waals surface area contributed by atoms with E-state index in [0.717, 1.165) is 17.4 Å². The van der Waals surface area contributed by atoms with Crippen molar-refractivity contribution in [3.8, 4) is 5.75 Å². The van der Waals surface area contributed by atoms with Crippen molar-refractivity contribution < 1.29 is 9.53 Å². The molecule has 0 radical (unpaired) electrons. The lowest BCUT2D eigenvalue weighted by molar-refractivity contribution is 0.112. The Morgan fingerprint density at radius 3 is 2.54 bits per heavy atom. The van der Waals surface area contributed by atoms with Crippen molar-refractivity contribution in [1.82, 2.24) is 0 Å². The van der Waals surface area contributed by atoms with Gasteiger partial charge in [-0.25, -0.2) is 0 Å². The zero-order valence-corrected chi connectivity index (χ0v) is 8.61. The molecule has 0 heterocycles. The molecule has 0 N–H and O–H groups in total. The van der Waals surface area contributed by atoms with Crippen molar-refractivity contribution in [3.05, 3.63) is 27.8 Å². The van der Waals surface area contributed by atoms with Gasteiger partial charge in [-0.15, -0.1) is 0 Å². The van der Waals surface area contributed by atoms with Gasteiger partial charge in [-0.1, -0.05) is 11.6 Å². The summed E-state index contributed by atoms with van der Waals surface area (Å²) in [6.45, 7) is 3.78. The van der Waals surface area contributed by atoms with Gasteiger partial charge < -0.3 is 4.74 Å². The van der Waals surface area contributed by atoms with E-state index in [4.69, 9.17) is 16.3 Å². The highest BCUT2D eigenvalue weighted by atomic mass is 35.5. The minimum Gasteiger partial charge on any atom is -0.494 e. The fourth-order valence-electron chi connectivity index (χ4n) is 1.22. The van der Waals surface area contributed by atoms with Crippen LogP contribution in [0, 0.1) is 13.8 Å². The number of carbonyl (C=O) groups is 1. The van der Waals surface area contributed by atoms with Gasteiger partial charge in [0, 0.05) is 0 Å². The molecule has 0 aliphatic rings. The van der Waals surface area contributed by atoms with Gasteiger partial charge in [0.25, 0.3) is 0 Å². The van der Waals surface area contributed by atoms with E-state index in [1.54, 1.807) is 6.07 Å². The first kappa shape index (κ1) is 10.1. The molecule has 13 heavy (non-hydrogen) atoms. The quantitative estimate of drug-likeness (QED) is 0.684. The molecule has 0 amide bonds. The molecule has 0 aliphatic heterocycles. The van der Waals surface area contributed by atoms with Crippen molar-refractivity contribution in [2.45, 2.75) is 13.8 Å². The first-order chi connectivity index (χ1) is 6.11. The molecular weight excluding hydrogens is 188 g/mol. The van der Waals surface area contributed by atoms with Crippen LogP contribution < -0.4 is 4.74 Å². The number of hydrogen-bond donors (Lipinski definition) is 0. The summed E-state index contributed by atoms with van der Waals surface area (Å²) in [5.74, 6) is 0.458. The Balaban J connectivity index is 3.50. The molecule has 2 nitrogen and oxygen atoms in total. The molecule has 0 aromatic heterocycles. The van der Waals surface area contributed by atoms with Crippen LogP contribution in [-0.4, -0.2) is 13.4 Å². The normalized spacial score (nSPS) is 9.85. The molecule has 0 spiro atoms. The van der Waals surface area contributed by atoms with E-state index in [0.29, 0.717) is 16.3 Å². The van der Waals surface area contributed by atoms with E-state index in [1.165, 1.54) is 7.11 Å². The zero-order valence-electron chi connectivity index (χ0n) is 7.85. The highest BCUT2D eigenvalue weighted by molar-refractivity contribution is 6.32. The van der Waals surface area contributed by atoms with Crippen LogP contribution >= 0.6 is 11.6 Å². The molecular formula is C10H11ClO2. The molecule has 0 atom stereocenters. The van der Waals surface area contributed by atoms with Crippen LogP contribution in [0.2, 0.25) is 5.02 Å². The first-order valence-corrected chi connectivity index (χ1v) is 4.28. The second-order valence-corrected chi connectivity index (χ2v) is 3.27. The van der Waals surface area contributed by atoms with Crippen molar-refractivity contribution in [3.63, 3.8) is 0 Å². The van der Waals surface area contributed by atoms with Crippen LogP contribution in [-0.2, 0) is 0 Å². The molecule has 1 rings (SSSR count). The largest absolute Gasteiger partial charge is 0.494 e. The fourth-order valence-corrected chi connectivity index (χ4v) is 1.57. The number of rotatable bonds is 2. The summed E-state index contributed by atoms with van der Waals surface area (Å²) in [4.78, 5) is 10.8. The summed E-state index contributed by atoms with van der Waals surface area (Å²) < 4.78 is 5.04. The van der Waals surface area contributed by atoms with Gasteiger partial charge >= 0.3 is 0 Å². The number of methoxy groups -OCH3 is 1. The molecule has 0 bridgehead atoms. The summed E-state index contributed by atoms with van der Waals surface area (Å²) in [6, 6.07) is 1.79. The van der Waals surface area contributed by atoms with E-state index in [1.807, 2.05) is 13.8 Å². The standard InChI is InChI=1S/C10H11ClO2/c1-6-4-9(11)10(13-3)8(5-12)7(6)2/h4-5H,1-3H3. The second kappa shape index (κ2) is 3.79. The van der Waals surface area contributed by atoms with Crippen LogP contribution in [0.4, 0.5) is 0 Å². The number of benzene rings is 1. The Morgan fingerprint density at radius 2 is 2.08 bits per heavy atom. The van der Waals surface area contributed by atoms with Crippen LogP contribution in [0.15, 0.2) is 6.07 Å². The monoisotopic (exact) mass is 198 g/mol. The minimum absolute atomic E-state index is 0.458. The van der Waals surface area contributed by atoms with E-state index in [-0.39, 0.29) is 0 Å². The smallest absolute Gasteiger partial charge is 0.154 e. The Bertz CT molecular complexity index is 345. The summed E-state index contributed by atoms with van der Waals surface area (Å²) in [6.07, 6.45) is 0.771. The van der Waals surface area contributed by atoms with Crippen molar-refractivity contribution >= 4 is 17.9 Å².